The van der Waals surface area contributed by atoms with Gasteiger partial charge < -0.3 is 15.3 Å². The van der Waals surface area contributed by atoms with E-state index < -0.39 is 11.9 Å². The second-order valence-corrected chi connectivity index (χ2v) is 6.50. The molecule has 0 spiro atoms. The van der Waals surface area contributed by atoms with Gasteiger partial charge in [-0.15, -0.1) is 0 Å². The van der Waals surface area contributed by atoms with Crippen molar-refractivity contribution < 1.29 is 24.9 Å². The van der Waals surface area contributed by atoms with Crippen LogP contribution < -0.4 is 0 Å². The smallest absolute Gasteiger partial charge is 0.339 e. The second-order valence-electron chi connectivity index (χ2n) is 6.50. The molecule has 5 nitrogen and oxygen atoms in total. The Hall–Kier alpha value is -2.04. The van der Waals surface area contributed by atoms with E-state index in [2.05, 4.69) is 6.92 Å². The van der Waals surface area contributed by atoms with E-state index in [4.69, 9.17) is 15.3 Å². The van der Waals surface area contributed by atoms with Crippen LogP contribution in [0.3, 0.4) is 0 Å². The number of aromatic carboxylic acids is 1. The van der Waals surface area contributed by atoms with Gasteiger partial charge in [0.15, 0.2) is 0 Å². The summed E-state index contributed by atoms with van der Waals surface area (Å²) in [6, 6.07) is 5.81. The van der Waals surface area contributed by atoms with Gasteiger partial charge in [0.25, 0.3) is 0 Å². The van der Waals surface area contributed by atoms with E-state index in [9.17, 15) is 9.59 Å². The van der Waals surface area contributed by atoms with Gasteiger partial charge >= 0.3 is 11.9 Å². The van der Waals surface area contributed by atoms with Crippen LogP contribution in [-0.2, 0) is 4.79 Å². The molecule has 148 valence electrons. The number of carboxylic acids is 2. The summed E-state index contributed by atoms with van der Waals surface area (Å²) in [6.07, 6.45) is 14.4. The van der Waals surface area contributed by atoms with E-state index in [0.29, 0.717) is 6.42 Å². The highest BCUT2D eigenvalue weighted by Gasteiger charge is 2.05. The third-order valence-electron chi connectivity index (χ3n) is 4.13. The fraction of sp³-hybridized carbons (Fsp3) is 0.619. The molecule has 0 aliphatic heterocycles. The highest BCUT2D eigenvalue weighted by Crippen LogP contribution is 2.14. The van der Waals surface area contributed by atoms with Crippen LogP contribution in [0.2, 0.25) is 0 Å². The maximum Gasteiger partial charge on any atom is 0.339 e. The number of rotatable bonds is 13. The van der Waals surface area contributed by atoms with Gasteiger partial charge in [0, 0.05) is 6.42 Å². The minimum Gasteiger partial charge on any atom is -0.507 e. The lowest BCUT2D eigenvalue weighted by Crippen LogP contribution is -1.95. The first kappa shape index (κ1) is 24.0. The van der Waals surface area contributed by atoms with E-state index in [1.165, 1.54) is 69.9 Å². The molecular weight excluding hydrogens is 332 g/mol. The van der Waals surface area contributed by atoms with E-state index in [1.807, 2.05) is 0 Å². The van der Waals surface area contributed by atoms with Gasteiger partial charge in [0.2, 0.25) is 0 Å². The largest absolute Gasteiger partial charge is 0.507 e. The average Bonchev–Trinajstić information content (AvgIpc) is 2.60. The Labute approximate surface area is 157 Å². The van der Waals surface area contributed by atoms with E-state index in [1.54, 1.807) is 12.1 Å². The van der Waals surface area contributed by atoms with Crippen LogP contribution in [-0.4, -0.2) is 27.3 Å². The van der Waals surface area contributed by atoms with Crippen LogP contribution in [0.15, 0.2) is 24.3 Å². The molecule has 0 unspecified atom stereocenters. The molecule has 1 aromatic rings. The van der Waals surface area contributed by atoms with Crippen molar-refractivity contribution in [2.24, 2.45) is 0 Å². The maximum atomic E-state index is 10.3. The molecule has 0 radical (unpaired) electrons. The Kier molecular flexibility index (Phi) is 15.1. The standard InChI is InChI=1S/C14H28O2.C7H6O3/c1-2-3-4-5-6-7-8-9-10-11-12-13-14(15)16;8-6-4-2-1-3-5(6)7(9)10/h2-13H2,1H3,(H,15,16);1-4,8H,(H,9,10). The van der Waals surface area contributed by atoms with Crippen molar-refractivity contribution in [3.05, 3.63) is 29.8 Å². The number of carboxylic acid groups (broad SMARTS) is 2. The zero-order valence-corrected chi connectivity index (χ0v) is 16.0. The molecule has 5 heteroatoms. The molecule has 0 heterocycles. The molecule has 0 amide bonds. The fourth-order valence-electron chi connectivity index (χ4n) is 2.59. The number of benzene rings is 1. The minimum absolute atomic E-state index is 0.0671. The van der Waals surface area contributed by atoms with Crippen molar-refractivity contribution >= 4 is 11.9 Å². The number of hydrogen-bond donors (Lipinski definition) is 3. The Morgan fingerprint density at radius 2 is 1.23 bits per heavy atom. The molecule has 0 saturated heterocycles. The summed E-state index contributed by atoms with van der Waals surface area (Å²) >= 11 is 0. The Bertz CT molecular complexity index is 499. The average molecular weight is 366 g/mol. The topological polar surface area (TPSA) is 94.8 Å². The Morgan fingerprint density at radius 1 is 0.769 bits per heavy atom. The molecule has 26 heavy (non-hydrogen) atoms. The number of para-hydroxylation sites is 1. The minimum atomic E-state index is -1.11. The van der Waals surface area contributed by atoms with Crippen LogP contribution in [0, 0.1) is 0 Å². The SMILES string of the molecule is CCCCCCCCCCCCCC(=O)O.O=C(O)c1ccccc1O. The lowest BCUT2D eigenvalue weighted by Gasteiger charge is -2.01. The number of aromatic hydroxyl groups is 1. The summed E-state index contributed by atoms with van der Waals surface area (Å²) < 4.78 is 0. The fourth-order valence-corrected chi connectivity index (χ4v) is 2.59. The summed E-state index contributed by atoms with van der Waals surface area (Å²) in [5, 5.41) is 25.8. The third kappa shape index (κ3) is 14.3. The van der Waals surface area contributed by atoms with Crippen LogP contribution in [0.1, 0.15) is 94.3 Å². The number of unbranched alkanes of at least 4 members (excludes halogenated alkanes) is 10. The molecule has 1 aromatic carbocycles. The van der Waals surface area contributed by atoms with Crippen molar-refractivity contribution in [3.8, 4) is 5.75 Å². The molecule has 0 aliphatic carbocycles. The normalized spacial score (nSPS) is 10.0. The predicted molar refractivity (Wildman–Crippen MR) is 104 cm³/mol. The molecule has 0 fully saturated rings. The van der Waals surface area contributed by atoms with Gasteiger partial charge in [0.05, 0.1) is 0 Å². The van der Waals surface area contributed by atoms with E-state index >= 15 is 0 Å². The van der Waals surface area contributed by atoms with Crippen molar-refractivity contribution in [2.75, 3.05) is 0 Å². The lowest BCUT2D eigenvalue weighted by atomic mass is 10.1. The molecule has 0 bridgehead atoms. The van der Waals surface area contributed by atoms with Crippen LogP contribution in [0.4, 0.5) is 0 Å². The van der Waals surface area contributed by atoms with E-state index in [-0.39, 0.29) is 11.3 Å². The van der Waals surface area contributed by atoms with Crippen molar-refractivity contribution in [2.45, 2.75) is 84.0 Å². The summed E-state index contributed by atoms with van der Waals surface area (Å²) in [6.45, 7) is 2.25. The number of hydrogen-bond acceptors (Lipinski definition) is 3. The molecule has 0 aromatic heterocycles. The first-order chi connectivity index (χ1) is 12.5. The van der Waals surface area contributed by atoms with Gasteiger partial charge in [-0.25, -0.2) is 4.79 Å². The van der Waals surface area contributed by atoms with Crippen molar-refractivity contribution in [3.63, 3.8) is 0 Å². The highest BCUT2D eigenvalue weighted by molar-refractivity contribution is 5.90. The summed E-state index contributed by atoms with van der Waals surface area (Å²) in [5.41, 5.74) is -0.0671. The van der Waals surface area contributed by atoms with Crippen LogP contribution >= 0.6 is 0 Å². The molecule has 0 atom stereocenters. The number of aliphatic carboxylic acids is 1. The number of phenols is 1. The molecular formula is C21H34O5. The maximum absolute atomic E-state index is 10.3. The highest BCUT2D eigenvalue weighted by atomic mass is 16.4. The molecule has 1 rings (SSSR count). The lowest BCUT2D eigenvalue weighted by molar-refractivity contribution is -0.137. The predicted octanol–water partition coefficient (Wildman–Crippen LogP) is 5.86. The van der Waals surface area contributed by atoms with Crippen molar-refractivity contribution in [1.29, 1.82) is 0 Å². The van der Waals surface area contributed by atoms with E-state index in [0.717, 1.165) is 12.8 Å². The second kappa shape index (κ2) is 16.4. The zero-order valence-electron chi connectivity index (χ0n) is 16.0. The van der Waals surface area contributed by atoms with Gasteiger partial charge in [-0.05, 0) is 18.6 Å². The Morgan fingerprint density at radius 3 is 1.62 bits per heavy atom. The molecule has 3 N–H and O–H groups in total. The molecule has 0 saturated carbocycles. The first-order valence-corrected chi connectivity index (χ1v) is 9.72. The van der Waals surface area contributed by atoms with Crippen molar-refractivity contribution in [1.82, 2.24) is 0 Å². The first-order valence-electron chi connectivity index (χ1n) is 9.72. The zero-order chi connectivity index (χ0) is 19.6. The van der Waals surface area contributed by atoms with Crippen LogP contribution in [0.25, 0.3) is 0 Å². The van der Waals surface area contributed by atoms with Gasteiger partial charge in [-0.3, -0.25) is 4.79 Å². The van der Waals surface area contributed by atoms with Gasteiger partial charge in [-0.2, -0.15) is 0 Å². The monoisotopic (exact) mass is 366 g/mol. The van der Waals surface area contributed by atoms with Gasteiger partial charge in [-0.1, -0.05) is 83.3 Å². The third-order valence-corrected chi connectivity index (χ3v) is 4.13. The summed E-state index contributed by atoms with van der Waals surface area (Å²) in [7, 11) is 0. The van der Waals surface area contributed by atoms with Crippen LogP contribution in [0.5, 0.6) is 5.75 Å². The van der Waals surface area contributed by atoms with Gasteiger partial charge in [0.1, 0.15) is 11.3 Å². The summed E-state index contributed by atoms with van der Waals surface area (Å²) in [5.74, 6) is -1.97. The quantitative estimate of drug-likeness (QED) is 0.380. The number of carbonyl (C=O) groups is 2. The summed E-state index contributed by atoms with van der Waals surface area (Å²) in [4.78, 5) is 20.5. The molecule has 0 aliphatic rings. The Balaban J connectivity index is 0.000000531.